The second kappa shape index (κ2) is 10.7. The summed E-state index contributed by atoms with van der Waals surface area (Å²) < 4.78 is 48.9. The summed E-state index contributed by atoms with van der Waals surface area (Å²) in [4.78, 5) is 2.82. The number of halogens is 1. The number of nitrogens with zero attached hydrogens (tertiary/aromatic N) is 2. The lowest BCUT2D eigenvalue weighted by atomic mass is 9.74. The Labute approximate surface area is 219 Å². The van der Waals surface area contributed by atoms with Crippen molar-refractivity contribution >= 4 is 10.0 Å². The topological polar surface area (TPSA) is 49.9 Å². The molecule has 37 heavy (non-hydrogen) atoms. The number of ether oxygens (including phenoxy) is 1. The molecule has 2 aliphatic heterocycles. The third kappa shape index (κ3) is 4.86. The highest BCUT2D eigenvalue weighted by atomic mass is 32.2. The van der Waals surface area contributed by atoms with Crippen molar-refractivity contribution in [3.05, 3.63) is 89.2 Å². The Bertz CT molecular complexity index is 1360. The molecule has 2 aliphatic rings. The van der Waals surface area contributed by atoms with Crippen LogP contribution in [0.25, 0.3) is 11.1 Å². The van der Waals surface area contributed by atoms with Gasteiger partial charge in [-0.2, -0.15) is 4.31 Å². The normalized spacial score (nSPS) is 23.1. The molecule has 0 amide bonds. The van der Waals surface area contributed by atoms with E-state index in [0.29, 0.717) is 30.2 Å². The molecule has 0 spiro atoms. The van der Waals surface area contributed by atoms with Gasteiger partial charge in [-0.15, -0.1) is 0 Å². The van der Waals surface area contributed by atoms with Gasteiger partial charge in [-0.25, -0.2) is 12.8 Å². The van der Waals surface area contributed by atoms with Crippen LogP contribution in [0.1, 0.15) is 35.4 Å². The van der Waals surface area contributed by atoms with Crippen LogP contribution in [0, 0.1) is 19.7 Å². The van der Waals surface area contributed by atoms with Gasteiger partial charge in [-0.1, -0.05) is 54.6 Å². The first-order valence-electron chi connectivity index (χ1n) is 13.0. The molecule has 3 atom stereocenters. The van der Waals surface area contributed by atoms with Crippen molar-refractivity contribution in [1.82, 2.24) is 9.21 Å². The predicted octanol–water partition coefficient (Wildman–Crippen LogP) is 5.38. The molecule has 3 aromatic carbocycles. The van der Waals surface area contributed by atoms with E-state index in [-0.39, 0.29) is 23.8 Å². The molecule has 0 radical (unpaired) electrons. The van der Waals surface area contributed by atoms with E-state index >= 15 is 0 Å². The minimum absolute atomic E-state index is 0.0704. The first kappa shape index (κ1) is 26.0. The van der Waals surface area contributed by atoms with Crippen molar-refractivity contribution in [3.8, 4) is 11.1 Å². The summed E-state index contributed by atoms with van der Waals surface area (Å²) in [5.41, 5.74) is 4.43. The number of hydrogen-bond donors (Lipinski definition) is 0. The third-order valence-corrected chi connectivity index (χ3v) is 10.1. The smallest absolute Gasteiger partial charge is 0.243 e. The van der Waals surface area contributed by atoms with E-state index < -0.39 is 10.0 Å². The highest BCUT2D eigenvalue weighted by Gasteiger charge is 2.50. The zero-order valence-corrected chi connectivity index (χ0v) is 22.5. The molecule has 0 aliphatic carbocycles. The van der Waals surface area contributed by atoms with Crippen LogP contribution in [0.3, 0.4) is 0 Å². The van der Waals surface area contributed by atoms with Crippen LogP contribution in [-0.4, -0.2) is 63.1 Å². The minimum Gasteiger partial charge on any atom is -0.383 e. The van der Waals surface area contributed by atoms with E-state index in [9.17, 15) is 12.8 Å². The maximum Gasteiger partial charge on any atom is 0.243 e. The van der Waals surface area contributed by atoms with Crippen molar-refractivity contribution in [1.29, 1.82) is 0 Å². The average molecular weight is 523 g/mol. The van der Waals surface area contributed by atoms with Gasteiger partial charge in [0.2, 0.25) is 10.0 Å². The molecule has 3 aromatic rings. The molecule has 196 valence electrons. The summed E-state index contributed by atoms with van der Waals surface area (Å²) in [6.07, 6.45) is 1.78. The van der Waals surface area contributed by atoms with E-state index in [4.69, 9.17) is 4.74 Å². The fourth-order valence-electron chi connectivity index (χ4n) is 6.07. The van der Waals surface area contributed by atoms with Crippen LogP contribution in [0.2, 0.25) is 0 Å². The standard InChI is InChI=1S/C30H35FN2O3S/c1-21-9-4-5-12-29(21)37(34,35)32-17-6-7-18-33-27(19-32)30(28(33)20-36-3)24-15-13-23(14-16-24)25-10-8-11-26(31)22(25)2/h4-5,8-16,27-28,30H,6-7,17-20H2,1-3H3/t27-,28?,30-/m0/s1. The summed E-state index contributed by atoms with van der Waals surface area (Å²) in [6.45, 7) is 6.16. The third-order valence-electron chi connectivity index (χ3n) is 8.07. The Morgan fingerprint density at radius 1 is 0.946 bits per heavy atom. The van der Waals surface area contributed by atoms with Gasteiger partial charge >= 0.3 is 0 Å². The average Bonchev–Trinajstić information content (AvgIpc) is 2.87. The minimum atomic E-state index is -3.60. The number of hydrogen-bond acceptors (Lipinski definition) is 4. The lowest BCUT2D eigenvalue weighted by Crippen LogP contribution is -2.68. The number of fused-ring (bicyclic) bond motifs is 1. The number of benzene rings is 3. The van der Waals surface area contributed by atoms with Crippen LogP contribution in [0.5, 0.6) is 0 Å². The van der Waals surface area contributed by atoms with E-state index in [0.717, 1.165) is 41.6 Å². The van der Waals surface area contributed by atoms with E-state index in [1.807, 2.05) is 37.3 Å². The number of sulfonamides is 1. The maximum absolute atomic E-state index is 14.1. The molecule has 1 unspecified atom stereocenters. The summed E-state index contributed by atoms with van der Waals surface area (Å²) >= 11 is 0. The van der Waals surface area contributed by atoms with Gasteiger partial charge in [0.1, 0.15) is 5.82 Å². The molecule has 0 N–H and O–H groups in total. The van der Waals surface area contributed by atoms with Crippen LogP contribution >= 0.6 is 0 Å². The molecule has 5 rings (SSSR count). The predicted molar refractivity (Wildman–Crippen MR) is 145 cm³/mol. The molecule has 2 heterocycles. The zero-order valence-electron chi connectivity index (χ0n) is 21.7. The first-order chi connectivity index (χ1) is 17.8. The number of aryl methyl sites for hydroxylation is 1. The fraction of sp³-hybridized carbons (Fsp3) is 0.400. The Balaban J connectivity index is 1.46. The zero-order chi connectivity index (χ0) is 26.2. The summed E-state index contributed by atoms with van der Waals surface area (Å²) in [5.74, 6) is -0.0591. The molecular formula is C30H35FN2O3S. The fourth-order valence-corrected chi connectivity index (χ4v) is 7.79. The van der Waals surface area contributed by atoms with Gasteiger partial charge in [0.15, 0.2) is 0 Å². The Morgan fingerprint density at radius 2 is 1.68 bits per heavy atom. The Kier molecular flexibility index (Phi) is 7.50. The van der Waals surface area contributed by atoms with Gasteiger partial charge < -0.3 is 4.74 Å². The molecule has 0 saturated carbocycles. The van der Waals surface area contributed by atoms with E-state index in [1.54, 1.807) is 36.5 Å². The molecule has 0 bridgehead atoms. The van der Waals surface area contributed by atoms with Crippen LogP contribution in [-0.2, 0) is 14.8 Å². The Hall–Kier alpha value is -2.58. The summed E-state index contributed by atoms with van der Waals surface area (Å²) in [7, 11) is -1.88. The molecule has 5 nitrogen and oxygen atoms in total. The maximum atomic E-state index is 14.1. The van der Waals surface area contributed by atoms with Gasteiger partial charge in [-0.05, 0) is 73.2 Å². The highest BCUT2D eigenvalue weighted by molar-refractivity contribution is 7.89. The lowest BCUT2D eigenvalue weighted by molar-refractivity contribution is -0.0635. The van der Waals surface area contributed by atoms with Crippen molar-refractivity contribution in [3.63, 3.8) is 0 Å². The van der Waals surface area contributed by atoms with Crippen molar-refractivity contribution in [2.75, 3.05) is 33.4 Å². The number of methoxy groups -OCH3 is 1. The van der Waals surface area contributed by atoms with Gasteiger partial charge in [0, 0.05) is 38.2 Å². The molecule has 2 fully saturated rings. The quantitative estimate of drug-likeness (QED) is 0.436. The summed E-state index contributed by atoms with van der Waals surface area (Å²) in [5, 5.41) is 0. The van der Waals surface area contributed by atoms with E-state index in [1.165, 1.54) is 6.07 Å². The first-order valence-corrected chi connectivity index (χ1v) is 14.4. The van der Waals surface area contributed by atoms with Gasteiger partial charge in [0.05, 0.1) is 11.5 Å². The van der Waals surface area contributed by atoms with Gasteiger partial charge in [0.25, 0.3) is 0 Å². The van der Waals surface area contributed by atoms with Crippen molar-refractivity contribution in [2.45, 2.75) is 49.6 Å². The van der Waals surface area contributed by atoms with E-state index in [2.05, 4.69) is 17.0 Å². The molecule has 0 aromatic heterocycles. The largest absolute Gasteiger partial charge is 0.383 e. The number of rotatable bonds is 6. The van der Waals surface area contributed by atoms with Crippen LogP contribution in [0.4, 0.5) is 4.39 Å². The summed E-state index contributed by atoms with van der Waals surface area (Å²) in [6, 6.07) is 21.0. The van der Waals surface area contributed by atoms with Crippen LogP contribution < -0.4 is 0 Å². The van der Waals surface area contributed by atoms with Crippen molar-refractivity contribution in [2.24, 2.45) is 0 Å². The Morgan fingerprint density at radius 3 is 2.41 bits per heavy atom. The van der Waals surface area contributed by atoms with Crippen molar-refractivity contribution < 1.29 is 17.5 Å². The molecule has 7 heteroatoms. The molecular weight excluding hydrogens is 487 g/mol. The van der Waals surface area contributed by atoms with Crippen LogP contribution in [0.15, 0.2) is 71.6 Å². The second-order valence-corrected chi connectivity index (χ2v) is 12.1. The SMILES string of the molecule is COCC1[C@@H](c2ccc(-c3cccc(F)c3C)cc2)[C@@H]2CN(S(=O)(=O)c3ccccc3C)CCCCN12. The monoisotopic (exact) mass is 522 g/mol. The molecule has 2 saturated heterocycles. The second-order valence-electron chi connectivity index (χ2n) is 10.2. The van der Waals surface area contributed by atoms with Gasteiger partial charge in [-0.3, -0.25) is 4.90 Å². The highest BCUT2D eigenvalue weighted by Crippen LogP contribution is 2.43. The lowest BCUT2D eigenvalue weighted by Gasteiger charge is -2.57.